The van der Waals surface area contributed by atoms with E-state index >= 15 is 0 Å². The van der Waals surface area contributed by atoms with Crippen LogP contribution in [0, 0.1) is 5.92 Å². The van der Waals surface area contributed by atoms with Crippen molar-refractivity contribution in [1.29, 1.82) is 0 Å². The highest BCUT2D eigenvalue weighted by molar-refractivity contribution is 6.01. The van der Waals surface area contributed by atoms with E-state index in [-0.39, 0.29) is 11.7 Å². The van der Waals surface area contributed by atoms with E-state index in [1.807, 2.05) is 14.1 Å². The van der Waals surface area contributed by atoms with Gasteiger partial charge in [0.25, 0.3) is 0 Å². The molecule has 0 aliphatic carbocycles. The van der Waals surface area contributed by atoms with Crippen LogP contribution in [0.3, 0.4) is 0 Å². The third-order valence-corrected chi connectivity index (χ3v) is 3.37. The maximum absolute atomic E-state index is 12.1. The van der Waals surface area contributed by atoms with Gasteiger partial charge in [-0.1, -0.05) is 5.16 Å². The third-order valence-electron chi connectivity index (χ3n) is 3.37. The number of carbonyl (C=O) groups excluding carboxylic acids is 1. The third kappa shape index (κ3) is 3.33. The van der Waals surface area contributed by atoms with Crippen LogP contribution in [-0.2, 0) is 4.79 Å². The first-order valence-corrected chi connectivity index (χ1v) is 5.90. The first-order chi connectivity index (χ1) is 7.97. The summed E-state index contributed by atoms with van der Waals surface area (Å²) in [4.78, 5) is 16.0. The van der Waals surface area contributed by atoms with Crippen LogP contribution in [0.4, 0.5) is 0 Å². The van der Waals surface area contributed by atoms with Gasteiger partial charge in [0.2, 0.25) is 5.91 Å². The fourth-order valence-electron chi connectivity index (χ4n) is 2.06. The number of nitrogens with zero attached hydrogens (tertiary/aromatic N) is 3. The Labute approximate surface area is 102 Å². The summed E-state index contributed by atoms with van der Waals surface area (Å²) < 4.78 is 0. The molecule has 0 radical (unpaired) electrons. The van der Waals surface area contributed by atoms with Crippen molar-refractivity contribution < 1.29 is 10.0 Å². The molecule has 1 heterocycles. The second-order valence-electron chi connectivity index (χ2n) is 4.79. The van der Waals surface area contributed by atoms with Crippen LogP contribution in [0.25, 0.3) is 0 Å². The zero-order valence-corrected chi connectivity index (χ0v) is 10.8. The number of amidine groups is 1. The summed E-state index contributed by atoms with van der Waals surface area (Å²) in [6.07, 6.45) is 2.10. The maximum atomic E-state index is 12.1. The topological polar surface area (TPSA) is 82.2 Å². The molecule has 0 bridgehead atoms. The smallest absolute Gasteiger partial charge is 0.233 e. The molecule has 0 aromatic heterocycles. The van der Waals surface area contributed by atoms with Crippen LogP contribution in [0.1, 0.15) is 19.8 Å². The quantitative estimate of drug-likeness (QED) is 0.314. The predicted octanol–water partition coefficient (Wildman–Crippen LogP) is -0.0785. The normalized spacial score (nSPS) is 23.9. The highest BCUT2D eigenvalue weighted by atomic mass is 16.4. The molecule has 1 rings (SSSR count). The summed E-state index contributed by atoms with van der Waals surface area (Å²) in [5.41, 5.74) is 5.46. The van der Waals surface area contributed by atoms with E-state index in [1.54, 1.807) is 11.8 Å². The van der Waals surface area contributed by atoms with Crippen molar-refractivity contribution in [2.24, 2.45) is 16.8 Å². The van der Waals surface area contributed by atoms with Crippen LogP contribution in [0.5, 0.6) is 0 Å². The molecule has 2 atom stereocenters. The van der Waals surface area contributed by atoms with Crippen LogP contribution < -0.4 is 5.73 Å². The van der Waals surface area contributed by atoms with Gasteiger partial charge in [0, 0.05) is 19.1 Å². The van der Waals surface area contributed by atoms with Gasteiger partial charge in [0.15, 0.2) is 5.84 Å². The SMILES string of the molecule is CC(C(=O)N1CCCC(N(C)C)C1)C(N)=NO. The zero-order chi connectivity index (χ0) is 13.0. The highest BCUT2D eigenvalue weighted by Gasteiger charge is 2.29. The first-order valence-electron chi connectivity index (χ1n) is 5.90. The molecule has 1 aliphatic rings. The Morgan fingerprint density at radius 2 is 2.24 bits per heavy atom. The lowest BCUT2D eigenvalue weighted by Gasteiger charge is -2.37. The fraction of sp³-hybridized carbons (Fsp3) is 0.818. The number of rotatable bonds is 3. The van der Waals surface area contributed by atoms with Gasteiger partial charge < -0.3 is 20.7 Å². The minimum atomic E-state index is -0.555. The van der Waals surface area contributed by atoms with Gasteiger partial charge in [-0.2, -0.15) is 0 Å². The van der Waals surface area contributed by atoms with E-state index in [4.69, 9.17) is 10.9 Å². The Morgan fingerprint density at radius 1 is 1.59 bits per heavy atom. The molecule has 1 fully saturated rings. The Kier molecular flexibility index (Phi) is 4.74. The van der Waals surface area contributed by atoms with E-state index in [0.29, 0.717) is 6.04 Å². The Bertz CT molecular complexity index is 304. The molecule has 0 aromatic carbocycles. The second-order valence-corrected chi connectivity index (χ2v) is 4.79. The van der Waals surface area contributed by atoms with Crippen molar-refractivity contribution in [3.05, 3.63) is 0 Å². The molecule has 6 heteroatoms. The van der Waals surface area contributed by atoms with Crippen molar-refractivity contribution in [1.82, 2.24) is 9.80 Å². The molecule has 1 saturated heterocycles. The van der Waals surface area contributed by atoms with Crippen LogP contribution in [0.15, 0.2) is 5.16 Å². The van der Waals surface area contributed by atoms with E-state index in [1.165, 1.54) is 0 Å². The molecule has 0 spiro atoms. The van der Waals surface area contributed by atoms with Gasteiger partial charge in [-0.25, -0.2) is 0 Å². The van der Waals surface area contributed by atoms with Crippen molar-refractivity contribution in [2.75, 3.05) is 27.2 Å². The van der Waals surface area contributed by atoms with Gasteiger partial charge in [-0.15, -0.1) is 0 Å². The number of hydrogen-bond donors (Lipinski definition) is 2. The predicted molar refractivity (Wildman–Crippen MR) is 65.9 cm³/mol. The lowest BCUT2D eigenvalue weighted by atomic mass is 10.0. The fourth-order valence-corrected chi connectivity index (χ4v) is 2.06. The zero-order valence-electron chi connectivity index (χ0n) is 10.8. The van der Waals surface area contributed by atoms with Crippen molar-refractivity contribution in [2.45, 2.75) is 25.8 Å². The number of likely N-dealkylation sites (N-methyl/N-ethyl adjacent to an activating group) is 1. The number of amides is 1. The summed E-state index contributed by atoms with van der Waals surface area (Å²) in [5.74, 6) is -0.644. The summed E-state index contributed by atoms with van der Waals surface area (Å²) in [7, 11) is 4.04. The van der Waals surface area contributed by atoms with Crippen LogP contribution in [0.2, 0.25) is 0 Å². The summed E-state index contributed by atoms with van der Waals surface area (Å²) in [6, 6.07) is 0.396. The van der Waals surface area contributed by atoms with Crippen molar-refractivity contribution >= 4 is 11.7 Å². The molecule has 6 nitrogen and oxygen atoms in total. The highest BCUT2D eigenvalue weighted by Crippen LogP contribution is 2.16. The van der Waals surface area contributed by atoms with E-state index in [9.17, 15) is 4.79 Å². The molecule has 17 heavy (non-hydrogen) atoms. The molecule has 98 valence electrons. The van der Waals surface area contributed by atoms with Gasteiger partial charge >= 0.3 is 0 Å². The molecular formula is C11H22N4O2. The Balaban J connectivity index is 2.63. The number of nitrogens with two attached hydrogens (primary N) is 1. The average molecular weight is 242 g/mol. The lowest BCUT2D eigenvalue weighted by Crippen LogP contribution is -2.50. The largest absolute Gasteiger partial charge is 0.409 e. The van der Waals surface area contributed by atoms with Crippen molar-refractivity contribution in [3.8, 4) is 0 Å². The van der Waals surface area contributed by atoms with Gasteiger partial charge in [-0.05, 0) is 33.9 Å². The summed E-state index contributed by atoms with van der Waals surface area (Å²) in [6.45, 7) is 3.14. The lowest BCUT2D eigenvalue weighted by molar-refractivity contribution is -0.134. The molecule has 3 N–H and O–H groups in total. The van der Waals surface area contributed by atoms with E-state index in [0.717, 1.165) is 25.9 Å². The number of likely N-dealkylation sites (tertiary alicyclic amines) is 1. The standard InChI is InChI=1S/C11H22N4O2/c1-8(10(12)13-17)11(16)15-6-4-5-9(7-15)14(2)3/h8-9,17H,4-7H2,1-3H3,(H2,12,13). The monoisotopic (exact) mass is 242 g/mol. The van der Waals surface area contributed by atoms with Gasteiger partial charge in [-0.3, -0.25) is 4.79 Å². The second kappa shape index (κ2) is 5.86. The number of carbonyl (C=O) groups is 1. The average Bonchev–Trinajstić information content (AvgIpc) is 2.36. The minimum absolute atomic E-state index is 0.0259. The molecule has 1 amide bonds. The number of hydrogen-bond acceptors (Lipinski definition) is 4. The molecule has 0 aromatic rings. The summed E-state index contributed by atoms with van der Waals surface area (Å²) >= 11 is 0. The van der Waals surface area contributed by atoms with Gasteiger partial charge in [0.1, 0.15) is 0 Å². The van der Waals surface area contributed by atoms with Crippen molar-refractivity contribution in [3.63, 3.8) is 0 Å². The van der Waals surface area contributed by atoms with Crippen LogP contribution >= 0.6 is 0 Å². The molecule has 1 aliphatic heterocycles. The Morgan fingerprint density at radius 3 is 2.76 bits per heavy atom. The molecule has 0 saturated carbocycles. The summed E-state index contributed by atoms with van der Waals surface area (Å²) in [5, 5.41) is 11.5. The van der Waals surface area contributed by atoms with Crippen LogP contribution in [-0.4, -0.2) is 60.0 Å². The molecule has 2 unspecified atom stereocenters. The Hall–Kier alpha value is -1.30. The number of oxime groups is 1. The minimum Gasteiger partial charge on any atom is -0.409 e. The van der Waals surface area contributed by atoms with E-state index in [2.05, 4.69) is 10.1 Å². The number of piperidine rings is 1. The molecular weight excluding hydrogens is 220 g/mol. The van der Waals surface area contributed by atoms with Gasteiger partial charge in [0.05, 0.1) is 5.92 Å². The van der Waals surface area contributed by atoms with E-state index < -0.39 is 5.92 Å². The first kappa shape index (κ1) is 13.8. The maximum Gasteiger partial charge on any atom is 0.233 e.